The van der Waals surface area contributed by atoms with Crippen LogP contribution in [0.3, 0.4) is 0 Å². The molecule has 3 aromatic rings. The van der Waals surface area contributed by atoms with Gasteiger partial charge in [-0.15, -0.1) is 0 Å². The molecule has 3 aromatic carbocycles. The van der Waals surface area contributed by atoms with Crippen molar-refractivity contribution in [2.24, 2.45) is 0 Å². The smallest absolute Gasteiger partial charge is 0.151 e. The molecule has 0 radical (unpaired) electrons. The molecule has 3 nitrogen and oxygen atoms in total. The fourth-order valence-electron chi connectivity index (χ4n) is 2.72. The zero-order valence-electron chi connectivity index (χ0n) is 15.3. The topological polar surface area (TPSA) is 41.1 Å². The van der Waals surface area contributed by atoms with Gasteiger partial charge in [-0.25, -0.2) is 0 Å². The zero-order chi connectivity index (χ0) is 18.4. The first kappa shape index (κ1) is 18.3. The molecule has 0 saturated carbocycles. The molecule has 134 valence electrons. The maximum Gasteiger partial charge on any atom is 0.151 e. The summed E-state index contributed by atoms with van der Waals surface area (Å²) in [5.74, 6) is 0. The Balaban J connectivity index is 1.76. The Labute approximate surface area is 155 Å². The first-order chi connectivity index (χ1) is 12.5. The highest BCUT2D eigenvalue weighted by molar-refractivity contribution is 7.71. The minimum absolute atomic E-state index is 0.416. The van der Waals surface area contributed by atoms with Crippen LogP contribution in [0.15, 0.2) is 78.9 Å². The van der Waals surface area contributed by atoms with Crippen molar-refractivity contribution < 1.29 is 4.57 Å². The molecule has 0 aliphatic heterocycles. The van der Waals surface area contributed by atoms with E-state index >= 15 is 0 Å². The van der Waals surface area contributed by atoms with Crippen LogP contribution in [0.25, 0.3) is 0 Å². The van der Waals surface area contributed by atoms with E-state index in [9.17, 15) is 4.57 Å². The van der Waals surface area contributed by atoms with Crippen molar-refractivity contribution in [1.82, 2.24) is 0 Å². The minimum Gasteiger partial charge on any atom is -0.378 e. The molecular weight excluding hydrogens is 339 g/mol. The van der Waals surface area contributed by atoms with E-state index in [2.05, 4.69) is 48.7 Å². The van der Waals surface area contributed by atoms with Crippen LogP contribution in [-0.2, 0) is 4.57 Å². The Hall–Kier alpha value is -2.51. The molecule has 0 saturated heterocycles. The van der Waals surface area contributed by atoms with Crippen LogP contribution in [0.1, 0.15) is 11.1 Å². The summed E-state index contributed by atoms with van der Waals surface area (Å²) >= 11 is 0. The molecule has 0 unspecified atom stereocenters. The molecule has 0 aliphatic rings. The van der Waals surface area contributed by atoms with Crippen molar-refractivity contribution in [1.29, 1.82) is 0 Å². The van der Waals surface area contributed by atoms with E-state index in [0.717, 1.165) is 16.7 Å². The van der Waals surface area contributed by atoms with Crippen molar-refractivity contribution in [3.8, 4) is 0 Å². The third-order valence-corrected chi connectivity index (χ3v) is 6.98. The van der Waals surface area contributed by atoms with Gasteiger partial charge in [0.15, 0.2) is 7.14 Å². The van der Waals surface area contributed by atoms with E-state index in [1.165, 1.54) is 11.1 Å². The first-order valence-electron chi connectivity index (χ1n) is 8.80. The lowest BCUT2D eigenvalue weighted by Crippen LogP contribution is -2.19. The second-order valence-electron chi connectivity index (χ2n) is 6.63. The molecule has 3 rings (SSSR count). The van der Waals surface area contributed by atoms with Crippen LogP contribution in [0.2, 0.25) is 0 Å². The summed E-state index contributed by atoms with van der Waals surface area (Å²) in [5, 5.41) is 7.59. The van der Waals surface area contributed by atoms with Gasteiger partial charge in [0.25, 0.3) is 0 Å². The highest BCUT2D eigenvalue weighted by atomic mass is 31.2. The van der Waals surface area contributed by atoms with E-state index in [1.807, 2.05) is 54.6 Å². The lowest BCUT2D eigenvalue weighted by molar-refractivity contribution is 0.583. The van der Waals surface area contributed by atoms with Gasteiger partial charge in [-0.05, 0) is 38.1 Å². The molecule has 0 atom stereocenters. The lowest BCUT2D eigenvalue weighted by atomic mass is 10.2. The van der Waals surface area contributed by atoms with Crippen LogP contribution >= 0.6 is 7.14 Å². The fraction of sp³-hybridized carbons (Fsp3) is 0.182. The Morgan fingerprint density at radius 1 is 0.654 bits per heavy atom. The van der Waals surface area contributed by atoms with E-state index in [4.69, 9.17) is 0 Å². The van der Waals surface area contributed by atoms with Gasteiger partial charge in [0.2, 0.25) is 0 Å². The molecule has 0 amide bonds. The fourth-order valence-corrected chi connectivity index (χ4v) is 4.79. The van der Waals surface area contributed by atoms with E-state index in [1.54, 1.807) is 0 Å². The number of nitrogens with one attached hydrogen (secondary N) is 2. The van der Waals surface area contributed by atoms with Crippen LogP contribution in [0, 0.1) is 13.8 Å². The Morgan fingerprint density at radius 2 is 1.08 bits per heavy atom. The Morgan fingerprint density at radius 3 is 1.50 bits per heavy atom. The first-order valence-corrected chi connectivity index (χ1v) is 10.9. The van der Waals surface area contributed by atoms with Gasteiger partial charge in [-0.3, -0.25) is 0 Å². The Kier molecular flexibility index (Phi) is 5.80. The largest absolute Gasteiger partial charge is 0.378 e. The van der Waals surface area contributed by atoms with E-state index in [-0.39, 0.29) is 0 Å². The normalized spacial score (nSPS) is 11.2. The molecule has 0 spiro atoms. The van der Waals surface area contributed by atoms with Gasteiger partial charge < -0.3 is 15.2 Å². The summed E-state index contributed by atoms with van der Waals surface area (Å²) in [7, 11) is -2.65. The van der Waals surface area contributed by atoms with Crippen LogP contribution in [-0.4, -0.2) is 12.6 Å². The summed E-state index contributed by atoms with van der Waals surface area (Å²) < 4.78 is 13.8. The van der Waals surface area contributed by atoms with Crippen molar-refractivity contribution >= 4 is 23.8 Å². The third-order valence-electron chi connectivity index (χ3n) is 4.41. The SMILES string of the molecule is Cc1ccc(NCP(=O)(CNc2ccc(C)cc2)c2ccccc2)cc1. The van der Waals surface area contributed by atoms with Crippen LogP contribution in [0.5, 0.6) is 0 Å². The van der Waals surface area contributed by atoms with Crippen molar-refractivity contribution in [2.45, 2.75) is 13.8 Å². The van der Waals surface area contributed by atoms with Crippen molar-refractivity contribution in [2.75, 3.05) is 23.2 Å². The number of hydrogen-bond donors (Lipinski definition) is 2. The predicted octanol–water partition coefficient (Wildman–Crippen LogP) is 5.43. The summed E-state index contributed by atoms with van der Waals surface area (Å²) in [5.41, 5.74) is 4.40. The summed E-state index contributed by atoms with van der Waals surface area (Å²) in [6.07, 6.45) is 0.831. The molecule has 0 fully saturated rings. The number of hydrogen-bond acceptors (Lipinski definition) is 3. The monoisotopic (exact) mass is 364 g/mol. The second kappa shape index (κ2) is 8.25. The van der Waals surface area contributed by atoms with Gasteiger partial charge in [0.05, 0.1) is 12.6 Å². The number of aryl methyl sites for hydroxylation is 2. The molecule has 0 heterocycles. The molecular formula is C22H25N2OP. The maximum absolute atomic E-state index is 13.8. The quantitative estimate of drug-likeness (QED) is 0.549. The van der Waals surface area contributed by atoms with Crippen molar-refractivity contribution in [3.05, 3.63) is 90.0 Å². The summed E-state index contributed by atoms with van der Waals surface area (Å²) in [4.78, 5) is 0. The minimum atomic E-state index is -2.65. The van der Waals surface area contributed by atoms with E-state index in [0.29, 0.717) is 12.6 Å². The summed E-state index contributed by atoms with van der Waals surface area (Å²) in [6, 6.07) is 26.1. The zero-order valence-corrected chi connectivity index (χ0v) is 16.2. The van der Waals surface area contributed by atoms with E-state index < -0.39 is 7.14 Å². The molecule has 4 heteroatoms. The molecule has 0 aromatic heterocycles. The standard InChI is InChI=1S/C22H25N2OP/c1-18-8-12-20(13-9-18)23-16-26(25,22-6-4-3-5-7-22)17-24-21-14-10-19(2)11-15-21/h3-15,23-24H,16-17H2,1-2H3. The highest BCUT2D eigenvalue weighted by Crippen LogP contribution is 2.43. The van der Waals surface area contributed by atoms with Crippen molar-refractivity contribution in [3.63, 3.8) is 0 Å². The lowest BCUT2D eigenvalue weighted by Gasteiger charge is -2.21. The summed E-state index contributed by atoms with van der Waals surface area (Å²) in [6.45, 7) is 4.12. The molecule has 0 bridgehead atoms. The van der Waals surface area contributed by atoms with Crippen LogP contribution < -0.4 is 15.9 Å². The van der Waals surface area contributed by atoms with Gasteiger partial charge >= 0.3 is 0 Å². The highest BCUT2D eigenvalue weighted by Gasteiger charge is 2.24. The average Bonchev–Trinajstić information content (AvgIpc) is 2.68. The molecule has 26 heavy (non-hydrogen) atoms. The Bertz CT molecular complexity index is 821. The van der Waals surface area contributed by atoms with Gasteiger partial charge in [-0.1, -0.05) is 65.7 Å². The van der Waals surface area contributed by atoms with Gasteiger partial charge in [0, 0.05) is 16.7 Å². The van der Waals surface area contributed by atoms with Crippen LogP contribution in [0.4, 0.5) is 11.4 Å². The van der Waals surface area contributed by atoms with Gasteiger partial charge in [0.1, 0.15) is 0 Å². The molecule has 0 aliphatic carbocycles. The average molecular weight is 364 g/mol. The van der Waals surface area contributed by atoms with Gasteiger partial charge in [-0.2, -0.15) is 0 Å². The number of benzene rings is 3. The predicted molar refractivity (Wildman–Crippen MR) is 113 cm³/mol. The second-order valence-corrected chi connectivity index (χ2v) is 9.55. The maximum atomic E-state index is 13.8. The number of anilines is 2. The molecule has 2 N–H and O–H groups in total. The number of rotatable bonds is 7. The third kappa shape index (κ3) is 4.77.